The molecule has 0 saturated heterocycles. The highest BCUT2D eigenvalue weighted by Gasteiger charge is 2.18. The van der Waals surface area contributed by atoms with Crippen molar-refractivity contribution >= 4 is 11.6 Å². The van der Waals surface area contributed by atoms with Gasteiger partial charge in [0.25, 0.3) is 0 Å². The molecule has 1 unspecified atom stereocenters. The Bertz CT molecular complexity index is 619. The number of hydrogen-bond acceptors (Lipinski definition) is 3. The number of nitrogens with two attached hydrogens (primary N) is 1. The molecule has 0 radical (unpaired) electrons. The van der Waals surface area contributed by atoms with E-state index in [1.807, 2.05) is 6.07 Å². The van der Waals surface area contributed by atoms with Crippen LogP contribution < -0.4 is 16.0 Å². The van der Waals surface area contributed by atoms with Crippen LogP contribution in [-0.4, -0.2) is 7.11 Å². The Kier molecular flexibility index (Phi) is 4.60. The fraction of sp³-hybridized carbons (Fsp3) is 0.200. The molecule has 0 amide bonds. The average Bonchev–Trinajstić information content (AvgIpc) is 2.44. The standard InChI is InChI=1S/C15H16ClFN2O/c1-9-3-4-10(7-13(9)17)15(19-18)12-8-11(16)5-6-14(12)20-2/h3-8,15,19H,18H2,1-2H3. The summed E-state index contributed by atoms with van der Waals surface area (Å²) in [7, 11) is 1.57. The first kappa shape index (κ1) is 14.8. The van der Waals surface area contributed by atoms with Gasteiger partial charge in [0.15, 0.2) is 0 Å². The smallest absolute Gasteiger partial charge is 0.126 e. The topological polar surface area (TPSA) is 47.3 Å². The second-order valence-corrected chi connectivity index (χ2v) is 4.93. The van der Waals surface area contributed by atoms with Crippen molar-refractivity contribution in [3.8, 4) is 5.75 Å². The molecule has 0 aliphatic rings. The zero-order chi connectivity index (χ0) is 14.7. The number of benzene rings is 2. The van der Waals surface area contributed by atoms with Crippen LogP contribution in [0.5, 0.6) is 5.75 Å². The molecule has 0 bridgehead atoms. The molecule has 5 heteroatoms. The number of hydrazine groups is 1. The van der Waals surface area contributed by atoms with Crippen molar-refractivity contribution in [3.05, 3.63) is 63.9 Å². The zero-order valence-electron chi connectivity index (χ0n) is 11.3. The van der Waals surface area contributed by atoms with Crippen molar-refractivity contribution in [2.24, 2.45) is 5.84 Å². The molecule has 0 aliphatic carbocycles. The second-order valence-electron chi connectivity index (χ2n) is 4.49. The fourth-order valence-electron chi connectivity index (χ4n) is 2.09. The molecule has 0 aromatic heterocycles. The van der Waals surface area contributed by atoms with E-state index in [1.54, 1.807) is 38.3 Å². The first-order valence-electron chi connectivity index (χ1n) is 6.12. The molecule has 2 aromatic rings. The van der Waals surface area contributed by atoms with E-state index in [0.717, 1.165) is 5.56 Å². The largest absolute Gasteiger partial charge is 0.496 e. The third-order valence-corrected chi connectivity index (χ3v) is 3.43. The highest BCUT2D eigenvalue weighted by molar-refractivity contribution is 6.30. The molecule has 3 N–H and O–H groups in total. The Morgan fingerprint density at radius 3 is 2.60 bits per heavy atom. The molecule has 0 spiro atoms. The summed E-state index contributed by atoms with van der Waals surface area (Å²) in [4.78, 5) is 0. The summed E-state index contributed by atoms with van der Waals surface area (Å²) in [5.41, 5.74) is 4.72. The summed E-state index contributed by atoms with van der Waals surface area (Å²) < 4.78 is 19.0. The Labute approximate surface area is 122 Å². The van der Waals surface area contributed by atoms with Crippen LogP contribution in [0.15, 0.2) is 36.4 Å². The number of aryl methyl sites for hydroxylation is 1. The van der Waals surface area contributed by atoms with Crippen LogP contribution in [0.4, 0.5) is 4.39 Å². The molecule has 2 rings (SSSR count). The molecule has 1 atom stereocenters. The summed E-state index contributed by atoms with van der Waals surface area (Å²) >= 11 is 6.02. The summed E-state index contributed by atoms with van der Waals surface area (Å²) in [5, 5.41) is 0.564. The maximum absolute atomic E-state index is 13.7. The van der Waals surface area contributed by atoms with Gasteiger partial charge in [-0.3, -0.25) is 5.84 Å². The van der Waals surface area contributed by atoms with E-state index in [4.69, 9.17) is 22.2 Å². The van der Waals surface area contributed by atoms with Crippen LogP contribution in [0.1, 0.15) is 22.7 Å². The highest BCUT2D eigenvalue weighted by atomic mass is 35.5. The number of rotatable bonds is 4. The Balaban J connectivity index is 2.51. The summed E-state index contributed by atoms with van der Waals surface area (Å²) in [5.74, 6) is 5.99. The monoisotopic (exact) mass is 294 g/mol. The lowest BCUT2D eigenvalue weighted by atomic mass is 9.97. The second kappa shape index (κ2) is 6.22. The minimum Gasteiger partial charge on any atom is -0.496 e. The van der Waals surface area contributed by atoms with Gasteiger partial charge in [0.1, 0.15) is 11.6 Å². The predicted octanol–water partition coefficient (Wildman–Crippen LogP) is 3.35. The summed E-state index contributed by atoms with van der Waals surface area (Å²) in [6.45, 7) is 1.71. The zero-order valence-corrected chi connectivity index (χ0v) is 12.0. The van der Waals surface area contributed by atoms with E-state index in [2.05, 4.69) is 5.43 Å². The lowest BCUT2D eigenvalue weighted by Gasteiger charge is -2.20. The van der Waals surface area contributed by atoms with Crippen molar-refractivity contribution in [1.82, 2.24) is 5.43 Å². The minimum atomic E-state index is -0.404. The van der Waals surface area contributed by atoms with Crippen molar-refractivity contribution < 1.29 is 9.13 Å². The molecule has 3 nitrogen and oxygen atoms in total. The molecule has 0 fully saturated rings. The number of nitrogens with one attached hydrogen (secondary N) is 1. The summed E-state index contributed by atoms with van der Waals surface area (Å²) in [6.07, 6.45) is 0. The van der Waals surface area contributed by atoms with E-state index in [9.17, 15) is 4.39 Å². The van der Waals surface area contributed by atoms with Crippen molar-refractivity contribution in [1.29, 1.82) is 0 Å². The van der Waals surface area contributed by atoms with Crippen LogP contribution in [0.25, 0.3) is 0 Å². The van der Waals surface area contributed by atoms with Crippen molar-refractivity contribution in [2.75, 3.05) is 7.11 Å². The molecular weight excluding hydrogens is 279 g/mol. The molecule has 0 heterocycles. The van der Waals surface area contributed by atoms with Crippen LogP contribution in [0.3, 0.4) is 0 Å². The van der Waals surface area contributed by atoms with Crippen molar-refractivity contribution in [3.63, 3.8) is 0 Å². The van der Waals surface area contributed by atoms with Gasteiger partial charge < -0.3 is 4.74 Å². The molecule has 0 saturated carbocycles. The van der Waals surface area contributed by atoms with Gasteiger partial charge in [0, 0.05) is 10.6 Å². The van der Waals surface area contributed by atoms with Gasteiger partial charge in [-0.25, -0.2) is 9.82 Å². The Hall–Kier alpha value is -1.62. The van der Waals surface area contributed by atoms with E-state index in [1.165, 1.54) is 6.07 Å². The van der Waals surface area contributed by atoms with Crippen LogP contribution >= 0.6 is 11.6 Å². The average molecular weight is 295 g/mol. The lowest BCUT2D eigenvalue weighted by Crippen LogP contribution is -2.29. The fourth-order valence-corrected chi connectivity index (χ4v) is 2.27. The van der Waals surface area contributed by atoms with Crippen molar-refractivity contribution in [2.45, 2.75) is 13.0 Å². The molecule has 106 valence electrons. The first-order chi connectivity index (χ1) is 9.56. The van der Waals surface area contributed by atoms with Gasteiger partial charge >= 0.3 is 0 Å². The van der Waals surface area contributed by atoms with Gasteiger partial charge in [-0.15, -0.1) is 0 Å². The molecule has 0 aliphatic heterocycles. The molecule has 20 heavy (non-hydrogen) atoms. The predicted molar refractivity (Wildman–Crippen MR) is 78.3 cm³/mol. The molecule has 2 aromatic carbocycles. The van der Waals surface area contributed by atoms with Crippen LogP contribution in [0, 0.1) is 12.7 Å². The number of halogens is 2. The van der Waals surface area contributed by atoms with Crippen LogP contribution in [0.2, 0.25) is 5.02 Å². The highest BCUT2D eigenvalue weighted by Crippen LogP contribution is 2.32. The van der Waals surface area contributed by atoms with E-state index >= 15 is 0 Å². The third-order valence-electron chi connectivity index (χ3n) is 3.20. The van der Waals surface area contributed by atoms with Gasteiger partial charge in [-0.1, -0.05) is 23.7 Å². The number of hydrogen-bond donors (Lipinski definition) is 2. The van der Waals surface area contributed by atoms with E-state index in [-0.39, 0.29) is 5.82 Å². The first-order valence-corrected chi connectivity index (χ1v) is 6.50. The minimum absolute atomic E-state index is 0.274. The van der Waals surface area contributed by atoms with E-state index < -0.39 is 6.04 Å². The van der Waals surface area contributed by atoms with E-state index in [0.29, 0.717) is 21.9 Å². The maximum Gasteiger partial charge on any atom is 0.126 e. The van der Waals surface area contributed by atoms with Gasteiger partial charge in [-0.05, 0) is 42.3 Å². The van der Waals surface area contributed by atoms with Gasteiger partial charge in [-0.2, -0.15) is 0 Å². The normalized spacial score (nSPS) is 12.2. The van der Waals surface area contributed by atoms with Crippen LogP contribution in [-0.2, 0) is 0 Å². The maximum atomic E-state index is 13.7. The summed E-state index contributed by atoms with van der Waals surface area (Å²) in [6, 6.07) is 9.83. The molecular formula is C15H16ClFN2O. The van der Waals surface area contributed by atoms with Gasteiger partial charge in [0.05, 0.1) is 13.2 Å². The van der Waals surface area contributed by atoms with Gasteiger partial charge in [0.2, 0.25) is 0 Å². The SMILES string of the molecule is COc1ccc(Cl)cc1C(NN)c1ccc(C)c(F)c1. The lowest BCUT2D eigenvalue weighted by molar-refractivity contribution is 0.404. The number of ether oxygens (including phenoxy) is 1. The Morgan fingerprint density at radius 1 is 1.25 bits per heavy atom. The number of methoxy groups -OCH3 is 1. The third kappa shape index (κ3) is 2.93. The Morgan fingerprint density at radius 2 is 2.00 bits per heavy atom. The quantitative estimate of drug-likeness (QED) is 0.671.